The molecule has 1 aromatic rings. The van der Waals surface area contributed by atoms with E-state index in [0.717, 1.165) is 0 Å². The second-order valence-electron chi connectivity index (χ2n) is 1.81. The maximum Gasteiger partial charge on any atom is 0.337 e. The molecule has 0 aliphatic rings. The molecule has 1 N–H and O–H groups in total. The summed E-state index contributed by atoms with van der Waals surface area (Å²) in [5, 5.41) is 8.34. The number of pyridine rings is 1. The second kappa shape index (κ2) is 7.02. The minimum Gasteiger partial charge on any atom is -0.478 e. The van der Waals surface area contributed by atoms with Crippen molar-refractivity contribution in [3.63, 3.8) is 0 Å². The molecule has 3 nitrogen and oxygen atoms in total. The molecule has 12 heavy (non-hydrogen) atoms. The summed E-state index contributed by atoms with van der Waals surface area (Å²) in [4.78, 5) is 13.8. The Morgan fingerprint density at radius 2 is 2.33 bits per heavy atom. The van der Waals surface area contributed by atoms with E-state index >= 15 is 0 Å². The first-order chi connectivity index (χ1) is 5.72. The van der Waals surface area contributed by atoms with Crippen LogP contribution in [0.15, 0.2) is 24.5 Å². The lowest BCUT2D eigenvalue weighted by Gasteiger charge is -1.87. The molecule has 0 unspecified atom stereocenters. The first-order valence-electron chi connectivity index (χ1n) is 3.41. The molecule has 66 valence electrons. The van der Waals surface area contributed by atoms with Crippen molar-refractivity contribution in [2.45, 2.75) is 6.92 Å². The zero-order chi connectivity index (χ0) is 9.40. The molecule has 0 amide bonds. The van der Waals surface area contributed by atoms with E-state index in [1.165, 1.54) is 22.9 Å². The Bertz CT molecular complexity index is 226. The lowest BCUT2D eigenvalue weighted by Crippen LogP contribution is -1.94. The average Bonchev–Trinajstić information content (AvgIpc) is 2.07. The Balaban J connectivity index is 0.000000354. The lowest BCUT2D eigenvalue weighted by molar-refractivity contribution is 0.0696. The lowest BCUT2D eigenvalue weighted by atomic mass is 10.3. The highest BCUT2D eigenvalue weighted by atomic mass is 127. The third-order valence-electron chi connectivity index (χ3n) is 0.908. The fraction of sp³-hybridized carbons (Fsp3) is 0.250. The molecule has 0 saturated heterocycles. The molecule has 0 aliphatic heterocycles. The van der Waals surface area contributed by atoms with Gasteiger partial charge in [0.2, 0.25) is 0 Å². The molecular formula is C8H10INO2. The molecule has 0 aliphatic carbocycles. The summed E-state index contributed by atoms with van der Waals surface area (Å²) in [5.41, 5.74) is 0.220. The SMILES string of the molecule is CCI.O=C(O)c1cccnc1. The highest BCUT2D eigenvalue weighted by Crippen LogP contribution is 1.92. The molecule has 0 atom stereocenters. The summed E-state index contributed by atoms with van der Waals surface area (Å²) in [6.45, 7) is 2.11. The third kappa shape index (κ3) is 5.06. The Morgan fingerprint density at radius 3 is 2.58 bits per heavy atom. The predicted molar refractivity (Wildman–Crippen MR) is 55.8 cm³/mol. The second-order valence-corrected chi connectivity index (χ2v) is 3.34. The van der Waals surface area contributed by atoms with Gasteiger partial charge in [-0.05, 0) is 16.6 Å². The van der Waals surface area contributed by atoms with Crippen molar-refractivity contribution in [1.82, 2.24) is 4.98 Å². The van der Waals surface area contributed by atoms with Crippen molar-refractivity contribution in [2.75, 3.05) is 4.43 Å². The Labute approximate surface area is 85.0 Å². The number of carboxylic acids is 1. The topological polar surface area (TPSA) is 50.2 Å². The molecular weight excluding hydrogens is 269 g/mol. The minimum absolute atomic E-state index is 0.220. The van der Waals surface area contributed by atoms with Crippen molar-refractivity contribution in [2.24, 2.45) is 0 Å². The number of aromatic nitrogens is 1. The van der Waals surface area contributed by atoms with E-state index in [2.05, 4.69) is 34.5 Å². The van der Waals surface area contributed by atoms with E-state index in [1.54, 1.807) is 6.07 Å². The van der Waals surface area contributed by atoms with Crippen LogP contribution in [0, 0.1) is 0 Å². The molecule has 0 aromatic carbocycles. The van der Waals surface area contributed by atoms with Crippen molar-refractivity contribution in [3.05, 3.63) is 30.1 Å². The smallest absolute Gasteiger partial charge is 0.337 e. The number of alkyl halides is 1. The molecule has 0 spiro atoms. The fourth-order valence-corrected chi connectivity index (χ4v) is 0.489. The summed E-state index contributed by atoms with van der Waals surface area (Å²) >= 11 is 2.29. The van der Waals surface area contributed by atoms with Gasteiger partial charge in [0.15, 0.2) is 0 Å². The van der Waals surface area contributed by atoms with Gasteiger partial charge in [0.25, 0.3) is 0 Å². The first kappa shape index (κ1) is 11.4. The van der Waals surface area contributed by atoms with E-state index in [1.807, 2.05) is 0 Å². The van der Waals surface area contributed by atoms with Crippen LogP contribution in [-0.4, -0.2) is 20.5 Å². The van der Waals surface area contributed by atoms with Crippen LogP contribution < -0.4 is 0 Å². The van der Waals surface area contributed by atoms with E-state index in [-0.39, 0.29) is 5.56 Å². The Hall–Kier alpha value is -0.650. The normalized spacial score (nSPS) is 8.17. The van der Waals surface area contributed by atoms with Crippen LogP contribution in [0.25, 0.3) is 0 Å². The number of halogens is 1. The summed E-state index contributed by atoms with van der Waals surface area (Å²) in [5.74, 6) is -0.942. The maximum atomic E-state index is 10.2. The van der Waals surface area contributed by atoms with E-state index < -0.39 is 5.97 Å². The number of carbonyl (C=O) groups is 1. The molecule has 4 heteroatoms. The summed E-state index contributed by atoms with van der Waals surface area (Å²) in [6.07, 6.45) is 2.84. The van der Waals surface area contributed by atoms with Crippen LogP contribution in [0.5, 0.6) is 0 Å². The predicted octanol–water partition coefficient (Wildman–Crippen LogP) is 2.22. The van der Waals surface area contributed by atoms with Crippen LogP contribution >= 0.6 is 22.6 Å². The van der Waals surface area contributed by atoms with Crippen LogP contribution in [0.2, 0.25) is 0 Å². The largest absolute Gasteiger partial charge is 0.478 e. The number of nitrogens with zero attached hydrogens (tertiary/aromatic N) is 1. The summed E-state index contributed by atoms with van der Waals surface area (Å²) in [7, 11) is 0. The fourth-order valence-electron chi connectivity index (χ4n) is 0.489. The van der Waals surface area contributed by atoms with Crippen LogP contribution in [-0.2, 0) is 0 Å². The van der Waals surface area contributed by atoms with Crippen molar-refractivity contribution in [1.29, 1.82) is 0 Å². The van der Waals surface area contributed by atoms with Crippen LogP contribution in [0.1, 0.15) is 17.3 Å². The average molecular weight is 279 g/mol. The van der Waals surface area contributed by atoms with Crippen LogP contribution in [0.3, 0.4) is 0 Å². The van der Waals surface area contributed by atoms with Gasteiger partial charge in [0.05, 0.1) is 5.56 Å². The van der Waals surface area contributed by atoms with Gasteiger partial charge in [-0.25, -0.2) is 4.79 Å². The molecule has 0 bridgehead atoms. The van der Waals surface area contributed by atoms with Gasteiger partial charge in [-0.3, -0.25) is 4.98 Å². The monoisotopic (exact) mass is 279 g/mol. The minimum atomic E-state index is -0.942. The zero-order valence-corrected chi connectivity index (χ0v) is 8.85. The Morgan fingerprint density at radius 1 is 1.75 bits per heavy atom. The molecule has 1 rings (SSSR count). The number of hydrogen-bond acceptors (Lipinski definition) is 2. The molecule has 0 fully saturated rings. The summed E-state index contributed by atoms with van der Waals surface area (Å²) in [6, 6.07) is 3.08. The number of aromatic carboxylic acids is 1. The highest BCUT2D eigenvalue weighted by molar-refractivity contribution is 14.1. The third-order valence-corrected chi connectivity index (χ3v) is 0.908. The van der Waals surface area contributed by atoms with Gasteiger partial charge in [0.1, 0.15) is 0 Å². The highest BCUT2D eigenvalue weighted by Gasteiger charge is 1.97. The van der Waals surface area contributed by atoms with Gasteiger partial charge >= 0.3 is 5.97 Å². The molecule has 0 saturated carbocycles. The molecule has 1 aromatic heterocycles. The quantitative estimate of drug-likeness (QED) is 0.633. The number of carboxylic acid groups (broad SMARTS) is 1. The first-order valence-corrected chi connectivity index (χ1v) is 4.94. The van der Waals surface area contributed by atoms with Gasteiger partial charge in [0, 0.05) is 12.4 Å². The van der Waals surface area contributed by atoms with Crippen molar-refractivity contribution >= 4 is 28.6 Å². The number of hydrogen-bond donors (Lipinski definition) is 1. The van der Waals surface area contributed by atoms with Gasteiger partial charge in [-0.1, -0.05) is 29.5 Å². The van der Waals surface area contributed by atoms with Crippen molar-refractivity contribution in [3.8, 4) is 0 Å². The van der Waals surface area contributed by atoms with E-state index in [4.69, 9.17) is 5.11 Å². The van der Waals surface area contributed by atoms with Gasteiger partial charge < -0.3 is 5.11 Å². The number of rotatable bonds is 1. The van der Waals surface area contributed by atoms with Crippen LogP contribution in [0.4, 0.5) is 0 Å². The molecule has 1 heterocycles. The zero-order valence-electron chi connectivity index (χ0n) is 6.70. The standard InChI is InChI=1S/C6H5NO2.C2H5I/c8-6(9)5-2-1-3-7-4-5;1-2-3/h1-4H,(H,8,9);2H2,1H3. The summed E-state index contributed by atoms with van der Waals surface area (Å²) < 4.78 is 1.22. The Kier molecular flexibility index (Phi) is 6.64. The van der Waals surface area contributed by atoms with Gasteiger partial charge in [-0.15, -0.1) is 0 Å². The van der Waals surface area contributed by atoms with Crippen molar-refractivity contribution < 1.29 is 9.90 Å². The maximum absolute atomic E-state index is 10.2. The van der Waals surface area contributed by atoms with Gasteiger partial charge in [-0.2, -0.15) is 0 Å². The van der Waals surface area contributed by atoms with E-state index in [9.17, 15) is 4.79 Å². The molecule has 0 radical (unpaired) electrons. The van der Waals surface area contributed by atoms with E-state index in [0.29, 0.717) is 0 Å².